The van der Waals surface area contributed by atoms with E-state index in [-0.39, 0.29) is 5.97 Å². The number of rotatable bonds is 6. The number of thioether (sulfide) groups is 1. The molecule has 0 aliphatic heterocycles. The lowest BCUT2D eigenvalue weighted by molar-refractivity contribution is -0.142. The van der Waals surface area contributed by atoms with Gasteiger partial charge in [0.05, 0.1) is 20.1 Å². The number of benzene rings is 1. The second kappa shape index (κ2) is 7.45. The molecule has 0 unspecified atom stereocenters. The summed E-state index contributed by atoms with van der Waals surface area (Å²) in [5.41, 5.74) is 0. The Morgan fingerprint density at radius 1 is 1.47 bits per heavy atom. The summed E-state index contributed by atoms with van der Waals surface area (Å²) < 4.78 is 10.1. The first-order valence-electron chi connectivity index (χ1n) is 5.29. The minimum Gasteiger partial charge on any atom is -0.496 e. The van der Waals surface area contributed by atoms with E-state index in [1.54, 1.807) is 37.9 Å². The molecule has 0 radical (unpaired) electrons. The third kappa shape index (κ3) is 4.88. The van der Waals surface area contributed by atoms with Crippen LogP contribution in [0.1, 0.15) is 13.3 Å². The van der Waals surface area contributed by atoms with Crippen LogP contribution in [-0.4, -0.2) is 25.4 Å². The fourth-order valence-electron chi connectivity index (χ4n) is 1.24. The molecule has 5 heteroatoms. The second-order valence-electron chi connectivity index (χ2n) is 3.20. The maximum atomic E-state index is 11.2. The molecule has 0 spiro atoms. The molecular formula is C12H15ClO3S. The lowest BCUT2D eigenvalue weighted by Crippen LogP contribution is -2.04. The van der Waals surface area contributed by atoms with Crippen LogP contribution in [0.2, 0.25) is 5.02 Å². The van der Waals surface area contributed by atoms with Crippen molar-refractivity contribution in [1.29, 1.82) is 0 Å². The fourth-order valence-corrected chi connectivity index (χ4v) is 2.34. The highest BCUT2D eigenvalue weighted by atomic mass is 35.5. The lowest BCUT2D eigenvalue weighted by atomic mass is 10.3. The summed E-state index contributed by atoms with van der Waals surface area (Å²) in [5.74, 6) is 1.22. The number of carbonyl (C=O) groups is 1. The molecule has 1 aromatic rings. The molecule has 0 aliphatic carbocycles. The minimum atomic E-state index is -0.173. The Kier molecular flexibility index (Phi) is 6.22. The van der Waals surface area contributed by atoms with Crippen LogP contribution < -0.4 is 4.74 Å². The zero-order valence-corrected chi connectivity index (χ0v) is 11.4. The molecule has 94 valence electrons. The Hall–Kier alpha value is -0.870. The zero-order chi connectivity index (χ0) is 12.7. The molecule has 0 heterocycles. The smallest absolute Gasteiger partial charge is 0.306 e. The highest BCUT2D eigenvalue weighted by Gasteiger charge is 2.06. The van der Waals surface area contributed by atoms with E-state index in [0.29, 0.717) is 23.8 Å². The molecule has 0 amide bonds. The molecule has 1 rings (SSSR count). The molecule has 1 aromatic carbocycles. The molecule has 0 atom stereocenters. The van der Waals surface area contributed by atoms with E-state index in [2.05, 4.69) is 0 Å². The Morgan fingerprint density at radius 2 is 2.24 bits per heavy atom. The van der Waals surface area contributed by atoms with Gasteiger partial charge in [0.25, 0.3) is 0 Å². The van der Waals surface area contributed by atoms with Crippen molar-refractivity contribution in [3.8, 4) is 5.75 Å². The van der Waals surface area contributed by atoms with Crippen molar-refractivity contribution in [3.05, 3.63) is 23.2 Å². The topological polar surface area (TPSA) is 35.5 Å². The van der Waals surface area contributed by atoms with E-state index in [1.807, 2.05) is 6.07 Å². The number of carbonyl (C=O) groups excluding carboxylic acids is 1. The summed E-state index contributed by atoms with van der Waals surface area (Å²) in [5, 5.41) is 0.636. The van der Waals surface area contributed by atoms with Gasteiger partial charge in [-0.1, -0.05) is 11.6 Å². The van der Waals surface area contributed by atoms with Gasteiger partial charge >= 0.3 is 5.97 Å². The first-order chi connectivity index (χ1) is 8.17. The predicted octanol–water partition coefficient (Wildman–Crippen LogP) is 3.39. The van der Waals surface area contributed by atoms with Gasteiger partial charge in [0.1, 0.15) is 5.75 Å². The van der Waals surface area contributed by atoms with E-state index in [9.17, 15) is 4.79 Å². The van der Waals surface area contributed by atoms with Crippen LogP contribution in [0, 0.1) is 0 Å². The minimum absolute atomic E-state index is 0.173. The van der Waals surface area contributed by atoms with Gasteiger partial charge in [-0.3, -0.25) is 4.79 Å². The number of hydrogen-bond acceptors (Lipinski definition) is 4. The van der Waals surface area contributed by atoms with Gasteiger partial charge in [-0.2, -0.15) is 0 Å². The Labute approximate surface area is 110 Å². The Morgan fingerprint density at radius 3 is 2.88 bits per heavy atom. The van der Waals surface area contributed by atoms with Crippen LogP contribution in [0.4, 0.5) is 0 Å². The average molecular weight is 275 g/mol. The number of methoxy groups -OCH3 is 1. The number of ether oxygens (including phenoxy) is 2. The van der Waals surface area contributed by atoms with Gasteiger partial charge < -0.3 is 9.47 Å². The molecule has 17 heavy (non-hydrogen) atoms. The van der Waals surface area contributed by atoms with Crippen LogP contribution in [0.3, 0.4) is 0 Å². The molecule has 3 nitrogen and oxygen atoms in total. The maximum Gasteiger partial charge on any atom is 0.306 e. The Bertz CT molecular complexity index is 382. The van der Waals surface area contributed by atoms with Gasteiger partial charge in [-0.25, -0.2) is 0 Å². The predicted molar refractivity (Wildman–Crippen MR) is 70.0 cm³/mol. The maximum absolute atomic E-state index is 11.2. The number of hydrogen-bond donors (Lipinski definition) is 0. The summed E-state index contributed by atoms with van der Waals surface area (Å²) >= 11 is 7.41. The highest BCUT2D eigenvalue weighted by Crippen LogP contribution is 2.31. The SMILES string of the molecule is CCOC(=O)CCSc1ccc(Cl)cc1OC. The monoisotopic (exact) mass is 274 g/mol. The summed E-state index contributed by atoms with van der Waals surface area (Å²) in [7, 11) is 1.60. The van der Waals surface area contributed by atoms with Crippen molar-refractivity contribution in [1.82, 2.24) is 0 Å². The van der Waals surface area contributed by atoms with E-state index in [0.717, 1.165) is 10.6 Å². The molecule has 0 saturated heterocycles. The molecule has 0 saturated carbocycles. The molecular weight excluding hydrogens is 260 g/mol. The molecule has 0 fully saturated rings. The molecule has 0 N–H and O–H groups in total. The van der Waals surface area contributed by atoms with E-state index >= 15 is 0 Å². The first kappa shape index (κ1) is 14.2. The molecule has 0 aliphatic rings. The van der Waals surface area contributed by atoms with Crippen molar-refractivity contribution in [3.63, 3.8) is 0 Å². The molecule has 0 bridgehead atoms. The van der Waals surface area contributed by atoms with Gasteiger partial charge in [0.2, 0.25) is 0 Å². The first-order valence-corrected chi connectivity index (χ1v) is 6.65. The van der Waals surface area contributed by atoms with Gasteiger partial charge in [-0.15, -0.1) is 11.8 Å². The van der Waals surface area contributed by atoms with Crippen molar-refractivity contribution >= 4 is 29.3 Å². The van der Waals surface area contributed by atoms with Gasteiger partial charge in [0, 0.05) is 15.7 Å². The average Bonchev–Trinajstić information content (AvgIpc) is 2.31. The second-order valence-corrected chi connectivity index (χ2v) is 4.77. The number of esters is 1. The van der Waals surface area contributed by atoms with Crippen molar-refractivity contribution in [2.45, 2.75) is 18.2 Å². The van der Waals surface area contributed by atoms with Gasteiger partial charge in [0.15, 0.2) is 0 Å². The fraction of sp³-hybridized carbons (Fsp3) is 0.417. The summed E-state index contributed by atoms with van der Waals surface area (Å²) in [6, 6.07) is 5.45. The van der Waals surface area contributed by atoms with E-state index < -0.39 is 0 Å². The summed E-state index contributed by atoms with van der Waals surface area (Å²) in [6.07, 6.45) is 0.393. The zero-order valence-electron chi connectivity index (χ0n) is 9.86. The van der Waals surface area contributed by atoms with Crippen LogP contribution >= 0.6 is 23.4 Å². The van der Waals surface area contributed by atoms with Crippen LogP contribution in [0.5, 0.6) is 5.75 Å². The van der Waals surface area contributed by atoms with Gasteiger partial charge in [-0.05, 0) is 25.1 Å². The third-order valence-electron chi connectivity index (χ3n) is 1.99. The lowest BCUT2D eigenvalue weighted by Gasteiger charge is -2.08. The van der Waals surface area contributed by atoms with Crippen LogP contribution in [-0.2, 0) is 9.53 Å². The normalized spacial score (nSPS) is 10.1. The quantitative estimate of drug-likeness (QED) is 0.588. The van der Waals surface area contributed by atoms with Crippen molar-refractivity contribution in [2.24, 2.45) is 0 Å². The standard InChI is InChI=1S/C12H15ClO3S/c1-3-16-12(14)6-7-17-11-5-4-9(13)8-10(11)15-2/h4-5,8H,3,6-7H2,1-2H3. The largest absolute Gasteiger partial charge is 0.496 e. The van der Waals surface area contributed by atoms with Crippen molar-refractivity contribution in [2.75, 3.05) is 19.5 Å². The van der Waals surface area contributed by atoms with Crippen molar-refractivity contribution < 1.29 is 14.3 Å². The number of halogens is 1. The van der Waals surface area contributed by atoms with Crippen LogP contribution in [0.25, 0.3) is 0 Å². The van der Waals surface area contributed by atoms with E-state index in [4.69, 9.17) is 21.1 Å². The third-order valence-corrected chi connectivity index (χ3v) is 3.29. The Balaban J connectivity index is 2.49. The van der Waals surface area contributed by atoms with Crippen LogP contribution in [0.15, 0.2) is 23.1 Å². The molecule has 0 aromatic heterocycles. The highest BCUT2D eigenvalue weighted by molar-refractivity contribution is 7.99. The van der Waals surface area contributed by atoms with E-state index in [1.165, 1.54) is 0 Å². The summed E-state index contributed by atoms with van der Waals surface area (Å²) in [6.45, 7) is 2.22. The summed E-state index contributed by atoms with van der Waals surface area (Å²) in [4.78, 5) is 12.1.